The fourth-order valence-electron chi connectivity index (χ4n) is 2.80. The van der Waals surface area contributed by atoms with Gasteiger partial charge in [-0.1, -0.05) is 12.1 Å². The van der Waals surface area contributed by atoms with Crippen LogP contribution in [-0.2, 0) is 20.1 Å². The zero-order chi connectivity index (χ0) is 15.7. The molecule has 0 unspecified atom stereocenters. The second kappa shape index (κ2) is 5.81. The van der Waals surface area contributed by atoms with E-state index >= 15 is 0 Å². The number of carboxylic acid groups (broad SMARTS) is 1. The summed E-state index contributed by atoms with van der Waals surface area (Å²) in [6.07, 6.45) is 2.00. The molecule has 1 aliphatic heterocycles. The van der Waals surface area contributed by atoms with Gasteiger partial charge in [-0.05, 0) is 18.6 Å². The minimum absolute atomic E-state index is 0.230. The number of rotatable bonds is 3. The van der Waals surface area contributed by atoms with Crippen molar-refractivity contribution in [1.82, 2.24) is 14.7 Å². The fourth-order valence-corrected chi connectivity index (χ4v) is 2.80. The van der Waals surface area contributed by atoms with Crippen LogP contribution in [0.3, 0.4) is 0 Å². The summed E-state index contributed by atoms with van der Waals surface area (Å²) in [5.41, 5.74) is 3.34. The molecule has 0 bridgehead atoms. The van der Waals surface area contributed by atoms with Gasteiger partial charge in [0.2, 0.25) is 0 Å². The molecule has 0 saturated heterocycles. The molecule has 6 heteroatoms. The number of para-hydroxylation sites is 1. The standard InChI is InChI=1S/C16H19N3O3/c1-11-8-18(2)17-14(11)10-19-6-7-22-15-12(9-19)4-3-5-13(15)16(20)21/h3-5,8H,6-7,9-10H2,1-2H3,(H,20,21). The summed E-state index contributed by atoms with van der Waals surface area (Å²) in [6.45, 7) is 4.65. The highest BCUT2D eigenvalue weighted by Crippen LogP contribution is 2.28. The predicted octanol–water partition coefficient (Wildman–Crippen LogP) is 1.82. The van der Waals surface area contributed by atoms with E-state index in [-0.39, 0.29) is 5.56 Å². The number of carbonyl (C=O) groups is 1. The van der Waals surface area contributed by atoms with E-state index < -0.39 is 5.97 Å². The van der Waals surface area contributed by atoms with Crippen molar-refractivity contribution in [2.75, 3.05) is 13.2 Å². The maximum absolute atomic E-state index is 11.3. The Labute approximate surface area is 128 Å². The Bertz CT molecular complexity index is 709. The Morgan fingerprint density at radius 3 is 2.95 bits per heavy atom. The first-order chi connectivity index (χ1) is 10.5. The number of fused-ring (bicyclic) bond motifs is 1. The molecule has 2 heterocycles. The summed E-state index contributed by atoms with van der Waals surface area (Å²) >= 11 is 0. The highest BCUT2D eigenvalue weighted by atomic mass is 16.5. The summed E-state index contributed by atoms with van der Waals surface area (Å²) < 4.78 is 7.51. The molecule has 3 rings (SSSR count). The van der Waals surface area contributed by atoms with Crippen molar-refractivity contribution in [3.63, 3.8) is 0 Å². The van der Waals surface area contributed by atoms with E-state index in [1.54, 1.807) is 12.1 Å². The van der Waals surface area contributed by atoms with Crippen LogP contribution in [0.2, 0.25) is 0 Å². The summed E-state index contributed by atoms with van der Waals surface area (Å²) in [6, 6.07) is 5.27. The number of hydrogen-bond acceptors (Lipinski definition) is 4. The number of ether oxygens (including phenoxy) is 1. The van der Waals surface area contributed by atoms with Gasteiger partial charge in [0.15, 0.2) is 0 Å². The van der Waals surface area contributed by atoms with E-state index in [0.29, 0.717) is 18.9 Å². The second-order valence-corrected chi connectivity index (χ2v) is 5.59. The third-order valence-electron chi connectivity index (χ3n) is 3.86. The maximum atomic E-state index is 11.3. The van der Waals surface area contributed by atoms with E-state index in [9.17, 15) is 9.90 Å². The van der Waals surface area contributed by atoms with Gasteiger partial charge in [0.05, 0.1) is 5.69 Å². The molecular formula is C16H19N3O3. The van der Waals surface area contributed by atoms with Gasteiger partial charge in [0, 0.05) is 38.4 Å². The first kappa shape index (κ1) is 14.6. The van der Waals surface area contributed by atoms with Gasteiger partial charge in [-0.2, -0.15) is 5.10 Å². The van der Waals surface area contributed by atoms with Crippen molar-refractivity contribution in [3.05, 3.63) is 46.8 Å². The molecule has 0 fully saturated rings. The van der Waals surface area contributed by atoms with Gasteiger partial charge in [0.25, 0.3) is 0 Å². The molecule has 0 atom stereocenters. The lowest BCUT2D eigenvalue weighted by Crippen LogP contribution is -2.25. The predicted molar refractivity (Wildman–Crippen MR) is 81.0 cm³/mol. The minimum Gasteiger partial charge on any atom is -0.491 e. The molecule has 1 aliphatic rings. The Morgan fingerprint density at radius 1 is 1.45 bits per heavy atom. The molecule has 22 heavy (non-hydrogen) atoms. The van der Waals surface area contributed by atoms with E-state index in [4.69, 9.17) is 4.74 Å². The Kier molecular flexibility index (Phi) is 3.85. The average Bonchev–Trinajstić information content (AvgIpc) is 2.67. The molecule has 0 aliphatic carbocycles. The molecule has 0 amide bonds. The van der Waals surface area contributed by atoms with Crippen molar-refractivity contribution < 1.29 is 14.6 Å². The van der Waals surface area contributed by atoms with Gasteiger partial charge in [-0.15, -0.1) is 0 Å². The lowest BCUT2D eigenvalue weighted by molar-refractivity contribution is 0.0692. The van der Waals surface area contributed by atoms with Crippen LogP contribution in [0.4, 0.5) is 0 Å². The SMILES string of the molecule is Cc1cn(C)nc1CN1CCOc2c(cccc2C(=O)O)C1. The van der Waals surface area contributed by atoms with Crippen molar-refractivity contribution in [2.45, 2.75) is 20.0 Å². The number of benzene rings is 1. The largest absolute Gasteiger partial charge is 0.491 e. The monoisotopic (exact) mass is 301 g/mol. The highest BCUT2D eigenvalue weighted by molar-refractivity contribution is 5.91. The lowest BCUT2D eigenvalue weighted by atomic mass is 10.1. The molecule has 2 aromatic rings. The molecule has 1 aromatic heterocycles. The molecule has 0 radical (unpaired) electrons. The zero-order valence-electron chi connectivity index (χ0n) is 12.7. The average molecular weight is 301 g/mol. The van der Waals surface area contributed by atoms with Crippen LogP contribution < -0.4 is 4.74 Å². The van der Waals surface area contributed by atoms with Crippen LogP contribution in [0.1, 0.15) is 27.2 Å². The van der Waals surface area contributed by atoms with E-state index in [1.807, 2.05) is 30.9 Å². The number of nitrogens with zero attached hydrogens (tertiary/aromatic N) is 3. The quantitative estimate of drug-likeness (QED) is 0.936. The maximum Gasteiger partial charge on any atom is 0.339 e. The Hall–Kier alpha value is -2.34. The molecule has 0 spiro atoms. The highest BCUT2D eigenvalue weighted by Gasteiger charge is 2.21. The van der Waals surface area contributed by atoms with Crippen LogP contribution in [-0.4, -0.2) is 38.9 Å². The summed E-state index contributed by atoms with van der Waals surface area (Å²) in [4.78, 5) is 13.5. The first-order valence-electron chi connectivity index (χ1n) is 7.24. The van der Waals surface area contributed by atoms with Gasteiger partial charge >= 0.3 is 5.97 Å². The smallest absolute Gasteiger partial charge is 0.339 e. The molecule has 116 valence electrons. The third-order valence-corrected chi connectivity index (χ3v) is 3.86. The number of aromatic nitrogens is 2. The molecule has 1 N–H and O–H groups in total. The number of carboxylic acids is 1. The van der Waals surface area contributed by atoms with Gasteiger partial charge in [0.1, 0.15) is 17.9 Å². The molecule has 6 nitrogen and oxygen atoms in total. The number of aromatic carboxylic acids is 1. The number of hydrogen-bond donors (Lipinski definition) is 1. The van der Waals surface area contributed by atoms with Crippen molar-refractivity contribution in [1.29, 1.82) is 0 Å². The Morgan fingerprint density at radius 2 is 2.27 bits per heavy atom. The first-order valence-corrected chi connectivity index (χ1v) is 7.24. The third kappa shape index (κ3) is 2.82. The van der Waals surface area contributed by atoms with Crippen LogP contribution in [0.15, 0.2) is 24.4 Å². The van der Waals surface area contributed by atoms with E-state index in [1.165, 1.54) is 0 Å². The van der Waals surface area contributed by atoms with Gasteiger partial charge in [-0.25, -0.2) is 4.79 Å². The summed E-state index contributed by atoms with van der Waals surface area (Å²) in [5, 5.41) is 13.7. The normalized spacial score (nSPS) is 15.0. The topological polar surface area (TPSA) is 67.6 Å². The van der Waals surface area contributed by atoms with Crippen LogP contribution >= 0.6 is 0 Å². The van der Waals surface area contributed by atoms with Gasteiger partial charge < -0.3 is 9.84 Å². The fraction of sp³-hybridized carbons (Fsp3) is 0.375. The van der Waals surface area contributed by atoms with Crippen molar-refractivity contribution >= 4 is 5.97 Å². The van der Waals surface area contributed by atoms with Crippen LogP contribution in [0.25, 0.3) is 0 Å². The van der Waals surface area contributed by atoms with Gasteiger partial charge in [-0.3, -0.25) is 9.58 Å². The second-order valence-electron chi connectivity index (χ2n) is 5.59. The molecule has 1 aromatic carbocycles. The lowest BCUT2D eigenvalue weighted by Gasteiger charge is -2.18. The minimum atomic E-state index is -0.953. The van der Waals surface area contributed by atoms with E-state index in [0.717, 1.165) is 29.9 Å². The van der Waals surface area contributed by atoms with Crippen molar-refractivity contribution in [3.8, 4) is 5.75 Å². The summed E-state index contributed by atoms with van der Waals surface area (Å²) in [5.74, 6) is -0.457. The van der Waals surface area contributed by atoms with Crippen molar-refractivity contribution in [2.24, 2.45) is 7.05 Å². The summed E-state index contributed by atoms with van der Waals surface area (Å²) in [7, 11) is 1.91. The van der Waals surface area contributed by atoms with Crippen LogP contribution in [0, 0.1) is 6.92 Å². The molecular weight excluding hydrogens is 282 g/mol. The molecule has 0 saturated carbocycles. The van der Waals surface area contributed by atoms with Crippen LogP contribution in [0.5, 0.6) is 5.75 Å². The number of aryl methyl sites for hydroxylation is 2. The zero-order valence-corrected chi connectivity index (χ0v) is 12.7. The Balaban J connectivity index is 1.84. The van der Waals surface area contributed by atoms with E-state index in [2.05, 4.69) is 10.00 Å².